The number of ether oxygens (including phenoxy) is 1. The Kier molecular flexibility index (Phi) is 5.55. The minimum Gasteiger partial charge on any atom is -0.467 e. The summed E-state index contributed by atoms with van der Waals surface area (Å²) in [5.41, 5.74) is 0.120. The van der Waals surface area contributed by atoms with E-state index in [0.29, 0.717) is 11.8 Å². The molecule has 1 saturated heterocycles. The SMILES string of the molecule is COc1nc(CNC(=O)Cc2ccc(F)cc2F)nc(N2CCCC2)n1. The number of carbonyl (C=O) groups is 1. The van der Waals surface area contributed by atoms with Crippen molar-refractivity contribution in [2.45, 2.75) is 25.8 Å². The Morgan fingerprint density at radius 3 is 2.69 bits per heavy atom. The monoisotopic (exact) mass is 363 g/mol. The molecule has 3 rings (SSSR count). The number of nitrogens with one attached hydrogen (secondary N) is 1. The van der Waals surface area contributed by atoms with Crippen molar-refractivity contribution >= 4 is 11.9 Å². The maximum absolute atomic E-state index is 13.6. The second-order valence-corrected chi connectivity index (χ2v) is 5.92. The molecule has 0 bridgehead atoms. The van der Waals surface area contributed by atoms with Crippen LogP contribution in [0.5, 0.6) is 6.01 Å². The van der Waals surface area contributed by atoms with Crippen LogP contribution in [-0.2, 0) is 17.8 Å². The average Bonchev–Trinajstić information content (AvgIpc) is 3.17. The third-order valence-electron chi connectivity index (χ3n) is 4.03. The molecule has 1 aromatic heterocycles. The summed E-state index contributed by atoms with van der Waals surface area (Å²) >= 11 is 0. The van der Waals surface area contributed by atoms with Crippen molar-refractivity contribution in [3.63, 3.8) is 0 Å². The number of aromatic nitrogens is 3. The first-order valence-electron chi connectivity index (χ1n) is 8.29. The zero-order valence-electron chi connectivity index (χ0n) is 14.3. The van der Waals surface area contributed by atoms with Crippen LogP contribution in [0, 0.1) is 11.6 Å². The van der Waals surface area contributed by atoms with Gasteiger partial charge in [-0.1, -0.05) is 6.07 Å². The number of carbonyl (C=O) groups excluding carboxylic acids is 1. The smallest absolute Gasteiger partial charge is 0.321 e. The van der Waals surface area contributed by atoms with Crippen LogP contribution in [0.3, 0.4) is 0 Å². The van der Waals surface area contributed by atoms with E-state index in [1.165, 1.54) is 13.2 Å². The van der Waals surface area contributed by atoms with Gasteiger partial charge in [-0.15, -0.1) is 0 Å². The summed E-state index contributed by atoms with van der Waals surface area (Å²) in [4.78, 5) is 26.8. The number of hydrogen-bond donors (Lipinski definition) is 1. The summed E-state index contributed by atoms with van der Waals surface area (Å²) in [5, 5.41) is 2.63. The Bertz CT molecular complexity index is 797. The Hall–Kier alpha value is -2.84. The highest BCUT2D eigenvalue weighted by molar-refractivity contribution is 5.78. The van der Waals surface area contributed by atoms with Crippen LogP contribution >= 0.6 is 0 Å². The van der Waals surface area contributed by atoms with Gasteiger partial charge in [0, 0.05) is 19.2 Å². The molecule has 2 aromatic rings. The number of hydrogen-bond acceptors (Lipinski definition) is 6. The summed E-state index contributed by atoms with van der Waals surface area (Å²) in [6, 6.07) is 3.30. The number of amides is 1. The highest BCUT2D eigenvalue weighted by Gasteiger charge is 2.18. The van der Waals surface area contributed by atoms with Crippen molar-refractivity contribution in [3.05, 3.63) is 41.2 Å². The number of anilines is 1. The van der Waals surface area contributed by atoms with Crippen LogP contribution in [0.1, 0.15) is 24.2 Å². The third kappa shape index (κ3) is 4.41. The predicted octanol–water partition coefficient (Wildman–Crippen LogP) is 1.62. The molecule has 7 nitrogen and oxygen atoms in total. The number of rotatable bonds is 6. The first-order valence-corrected chi connectivity index (χ1v) is 8.29. The van der Waals surface area contributed by atoms with Crippen LogP contribution in [0.4, 0.5) is 14.7 Å². The number of benzene rings is 1. The second-order valence-electron chi connectivity index (χ2n) is 5.92. The molecule has 1 amide bonds. The van der Waals surface area contributed by atoms with Crippen molar-refractivity contribution in [2.75, 3.05) is 25.1 Å². The fraction of sp³-hybridized carbons (Fsp3) is 0.412. The molecule has 0 saturated carbocycles. The second kappa shape index (κ2) is 8.03. The molecule has 1 fully saturated rings. The molecule has 0 unspecified atom stereocenters. The van der Waals surface area contributed by atoms with Crippen molar-refractivity contribution in [1.29, 1.82) is 0 Å². The molecule has 0 aliphatic carbocycles. The molecule has 0 atom stereocenters. The van der Waals surface area contributed by atoms with Gasteiger partial charge in [0.1, 0.15) is 11.6 Å². The lowest BCUT2D eigenvalue weighted by molar-refractivity contribution is -0.120. The third-order valence-corrected chi connectivity index (χ3v) is 4.03. The number of nitrogens with zero attached hydrogens (tertiary/aromatic N) is 4. The molecule has 2 heterocycles. The van der Waals surface area contributed by atoms with Crippen LogP contribution in [0.15, 0.2) is 18.2 Å². The Morgan fingerprint density at radius 1 is 1.23 bits per heavy atom. The van der Waals surface area contributed by atoms with Gasteiger partial charge >= 0.3 is 6.01 Å². The predicted molar refractivity (Wildman–Crippen MR) is 89.7 cm³/mol. The van der Waals surface area contributed by atoms with E-state index in [-0.39, 0.29) is 24.5 Å². The lowest BCUT2D eigenvalue weighted by atomic mass is 10.1. The van der Waals surface area contributed by atoms with E-state index in [0.717, 1.165) is 38.1 Å². The molecular weight excluding hydrogens is 344 g/mol. The molecule has 26 heavy (non-hydrogen) atoms. The molecular formula is C17H19F2N5O2. The van der Waals surface area contributed by atoms with Gasteiger partial charge in [-0.05, 0) is 24.5 Å². The van der Waals surface area contributed by atoms with Crippen LogP contribution < -0.4 is 15.0 Å². The van der Waals surface area contributed by atoms with Gasteiger partial charge in [0.2, 0.25) is 11.9 Å². The molecule has 1 aliphatic heterocycles. The van der Waals surface area contributed by atoms with E-state index < -0.39 is 17.5 Å². The Balaban J connectivity index is 1.64. The van der Waals surface area contributed by atoms with Crippen molar-refractivity contribution in [1.82, 2.24) is 20.3 Å². The quantitative estimate of drug-likeness (QED) is 0.840. The van der Waals surface area contributed by atoms with E-state index in [2.05, 4.69) is 20.3 Å². The molecule has 0 radical (unpaired) electrons. The first kappa shape index (κ1) is 18.0. The Labute approximate surface area is 149 Å². The highest BCUT2D eigenvalue weighted by atomic mass is 19.1. The van der Waals surface area contributed by atoms with Crippen LogP contribution in [0.2, 0.25) is 0 Å². The maximum Gasteiger partial charge on any atom is 0.321 e. The van der Waals surface area contributed by atoms with E-state index >= 15 is 0 Å². The van der Waals surface area contributed by atoms with E-state index in [1.54, 1.807) is 0 Å². The Morgan fingerprint density at radius 2 is 2.00 bits per heavy atom. The van der Waals surface area contributed by atoms with Crippen molar-refractivity contribution < 1.29 is 18.3 Å². The van der Waals surface area contributed by atoms with E-state index in [4.69, 9.17) is 4.74 Å². The summed E-state index contributed by atoms with van der Waals surface area (Å²) < 4.78 is 31.6. The highest BCUT2D eigenvalue weighted by Crippen LogP contribution is 2.17. The lowest BCUT2D eigenvalue weighted by Crippen LogP contribution is -2.27. The van der Waals surface area contributed by atoms with E-state index in [9.17, 15) is 13.6 Å². The van der Waals surface area contributed by atoms with Gasteiger partial charge in [0.05, 0.1) is 20.1 Å². The summed E-state index contributed by atoms with van der Waals surface area (Å²) in [6.07, 6.45) is 1.94. The fourth-order valence-electron chi connectivity index (χ4n) is 2.69. The largest absolute Gasteiger partial charge is 0.467 e. The molecule has 1 aliphatic rings. The van der Waals surface area contributed by atoms with Crippen molar-refractivity contribution in [3.8, 4) is 6.01 Å². The topological polar surface area (TPSA) is 80.2 Å². The summed E-state index contributed by atoms with van der Waals surface area (Å²) in [7, 11) is 1.46. The summed E-state index contributed by atoms with van der Waals surface area (Å²) in [6.45, 7) is 1.78. The summed E-state index contributed by atoms with van der Waals surface area (Å²) in [5.74, 6) is -0.982. The van der Waals surface area contributed by atoms with Gasteiger partial charge in [-0.2, -0.15) is 15.0 Å². The van der Waals surface area contributed by atoms with Gasteiger partial charge in [-0.3, -0.25) is 4.79 Å². The molecule has 1 aromatic carbocycles. The van der Waals surface area contributed by atoms with E-state index in [1.807, 2.05) is 4.90 Å². The van der Waals surface area contributed by atoms with Gasteiger partial charge in [0.15, 0.2) is 5.82 Å². The lowest BCUT2D eigenvalue weighted by Gasteiger charge is -2.16. The van der Waals surface area contributed by atoms with Gasteiger partial charge in [-0.25, -0.2) is 8.78 Å². The molecule has 138 valence electrons. The zero-order chi connectivity index (χ0) is 18.5. The number of methoxy groups -OCH3 is 1. The minimum atomic E-state index is -0.752. The van der Waals surface area contributed by atoms with Gasteiger partial charge in [0.25, 0.3) is 0 Å². The standard InChI is InChI=1S/C17H19F2N5O2/c1-26-17-22-14(21-16(23-17)24-6-2-3-7-24)10-20-15(25)8-11-4-5-12(18)9-13(11)19/h4-5,9H,2-3,6-8,10H2,1H3,(H,20,25). The van der Waals surface area contributed by atoms with Crippen molar-refractivity contribution in [2.24, 2.45) is 0 Å². The fourth-order valence-corrected chi connectivity index (χ4v) is 2.69. The maximum atomic E-state index is 13.6. The normalized spacial score (nSPS) is 13.7. The number of halogens is 2. The van der Waals surface area contributed by atoms with Crippen LogP contribution in [0.25, 0.3) is 0 Å². The average molecular weight is 363 g/mol. The minimum absolute atomic E-state index is 0.0569. The zero-order valence-corrected chi connectivity index (χ0v) is 14.3. The van der Waals surface area contributed by atoms with Crippen LogP contribution in [-0.4, -0.2) is 41.1 Å². The first-order chi connectivity index (χ1) is 12.5. The molecule has 0 spiro atoms. The molecule has 9 heteroatoms. The van der Waals surface area contributed by atoms with Gasteiger partial charge < -0.3 is 15.0 Å². The molecule has 1 N–H and O–H groups in total.